The maximum atomic E-state index is 12.7. The van der Waals surface area contributed by atoms with Gasteiger partial charge in [0.2, 0.25) is 0 Å². The van der Waals surface area contributed by atoms with Crippen LogP contribution in [-0.4, -0.2) is 30.4 Å². The number of carbonyl (C=O) groups excluding carboxylic acids is 3. The van der Waals surface area contributed by atoms with Gasteiger partial charge in [0.1, 0.15) is 11.5 Å². The Morgan fingerprint density at radius 2 is 1.56 bits per heavy atom. The summed E-state index contributed by atoms with van der Waals surface area (Å²) in [5, 5.41) is 0. The summed E-state index contributed by atoms with van der Waals surface area (Å²) in [6.45, 7) is 8.59. The van der Waals surface area contributed by atoms with Gasteiger partial charge in [-0.2, -0.15) is 0 Å². The van der Waals surface area contributed by atoms with Crippen molar-refractivity contribution in [2.24, 2.45) is 17.8 Å². The number of methoxy groups -OCH3 is 1. The number of ketones is 1. The first-order valence-corrected chi connectivity index (χ1v) is 8.45. The molecule has 0 heterocycles. The van der Waals surface area contributed by atoms with Crippen LogP contribution in [0.3, 0.4) is 0 Å². The van der Waals surface area contributed by atoms with Crippen LogP contribution in [0.5, 0.6) is 0 Å². The van der Waals surface area contributed by atoms with Gasteiger partial charge in [0.25, 0.3) is 0 Å². The highest BCUT2D eigenvalue weighted by Gasteiger charge is 2.42. The van der Waals surface area contributed by atoms with E-state index in [1.165, 1.54) is 7.11 Å². The number of rotatable bonds is 7. The zero-order valence-electron chi connectivity index (χ0n) is 15.9. The predicted octanol–water partition coefficient (Wildman–Crippen LogP) is 3.20. The monoisotopic (exact) mass is 348 g/mol. The van der Waals surface area contributed by atoms with E-state index >= 15 is 0 Å². The smallest absolute Gasteiger partial charge is 0.317 e. The molecule has 5 nitrogen and oxygen atoms in total. The zero-order valence-corrected chi connectivity index (χ0v) is 15.9. The summed E-state index contributed by atoms with van der Waals surface area (Å²) in [5.41, 5.74) is 0.100. The summed E-state index contributed by atoms with van der Waals surface area (Å²) in [5.74, 6) is -4.10. The largest absolute Gasteiger partial charge is 0.469 e. The van der Waals surface area contributed by atoms with Crippen molar-refractivity contribution in [2.75, 3.05) is 7.11 Å². The maximum absolute atomic E-state index is 12.7. The second-order valence-electron chi connectivity index (χ2n) is 7.39. The van der Waals surface area contributed by atoms with Crippen molar-refractivity contribution in [3.8, 4) is 0 Å². The van der Waals surface area contributed by atoms with Crippen LogP contribution in [0.2, 0.25) is 0 Å². The molecular formula is C20H28O5. The average Bonchev–Trinajstić information content (AvgIpc) is 2.52. The van der Waals surface area contributed by atoms with E-state index in [2.05, 4.69) is 0 Å². The Hall–Kier alpha value is -2.17. The fraction of sp³-hybridized carbons (Fsp3) is 0.550. The van der Waals surface area contributed by atoms with E-state index in [1.807, 2.05) is 30.3 Å². The van der Waals surface area contributed by atoms with E-state index < -0.39 is 35.3 Å². The molecule has 0 N–H and O–H groups in total. The van der Waals surface area contributed by atoms with Gasteiger partial charge >= 0.3 is 11.9 Å². The van der Waals surface area contributed by atoms with Crippen LogP contribution in [0.4, 0.5) is 0 Å². The van der Waals surface area contributed by atoms with Gasteiger partial charge < -0.3 is 9.47 Å². The second kappa shape index (κ2) is 8.79. The number of Topliss-reactive ketones (excluding diaryl/α,β-unsaturated/α-hetero) is 1. The lowest BCUT2D eigenvalue weighted by atomic mass is 9.80. The summed E-state index contributed by atoms with van der Waals surface area (Å²) >= 11 is 0. The van der Waals surface area contributed by atoms with Crippen molar-refractivity contribution in [1.29, 1.82) is 0 Å². The first kappa shape index (κ1) is 20.9. The van der Waals surface area contributed by atoms with E-state index in [1.54, 1.807) is 34.6 Å². The second-order valence-corrected chi connectivity index (χ2v) is 7.39. The van der Waals surface area contributed by atoms with Gasteiger partial charge in [-0.25, -0.2) is 0 Å². The summed E-state index contributed by atoms with van der Waals surface area (Å²) in [4.78, 5) is 37.8. The molecule has 0 bridgehead atoms. The summed E-state index contributed by atoms with van der Waals surface area (Å²) in [7, 11) is 1.26. The van der Waals surface area contributed by atoms with Crippen molar-refractivity contribution in [3.05, 3.63) is 35.9 Å². The molecule has 0 aliphatic rings. The Morgan fingerprint density at radius 1 is 1.00 bits per heavy atom. The van der Waals surface area contributed by atoms with E-state index in [4.69, 9.17) is 9.47 Å². The number of hydrogen-bond donors (Lipinski definition) is 0. The first-order valence-electron chi connectivity index (χ1n) is 8.45. The van der Waals surface area contributed by atoms with Crippen molar-refractivity contribution in [1.82, 2.24) is 0 Å². The highest BCUT2D eigenvalue weighted by Crippen LogP contribution is 2.26. The Balaban J connectivity index is 3.25. The molecule has 138 valence electrons. The molecule has 25 heavy (non-hydrogen) atoms. The molecule has 0 aromatic heterocycles. The third-order valence-corrected chi connectivity index (χ3v) is 3.74. The maximum Gasteiger partial charge on any atom is 0.317 e. The van der Waals surface area contributed by atoms with Crippen LogP contribution in [0.15, 0.2) is 30.3 Å². The number of benzene rings is 1. The molecule has 2 atom stereocenters. The van der Waals surface area contributed by atoms with E-state index in [0.29, 0.717) is 0 Å². The Kier molecular flexibility index (Phi) is 7.34. The van der Waals surface area contributed by atoms with Crippen LogP contribution in [0.25, 0.3) is 0 Å². The predicted molar refractivity (Wildman–Crippen MR) is 94.8 cm³/mol. The minimum atomic E-state index is -1.19. The molecule has 0 aliphatic carbocycles. The quantitative estimate of drug-likeness (QED) is 0.559. The summed E-state index contributed by atoms with van der Waals surface area (Å²) in [6, 6.07) is 9.25. The highest BCUT2D eigenvalue weighted by atomic mass is 16.6. The van der Waals surface area contributed by atoms with Gasteiger partial charge in [0.15, 0.2) is 5.78 Å². The topological polar surface area (TPSA) is 69.7 Å². The Labute approximate surface area is 149 Å². The average molecular weight is 348 g/mol. The van der Waals surface area contributed by atoms with Gasteiger partial charge in [-0.1, -0.05) is 44.2 Å². The third-order valence-electron chi connectivity index (χ3n) is 3.74. The van der Waals surface area contributed by atoms with E-state index in [0.717, 1.165) is 5.56 Å². The van der Waals surface area contributed by atoms with Gasteiger partial charge in [0, 0.05) is 5.92 Å². The van der Waals surface area contributed by atoms with E-state index in [9.17, 15) is 14.4 Å². The third kappa shape index (κ3) is 6.33. The SMILES string of the molecule is COC(=O)[C@@H](Cc1ccccc1)C(C(=O)OC(C)(C)C)C(=O)C(C)C. The molecule has 0 saturated carbocycles. The Morgan fingerprint density at radius 3 is 2.00 bits per heavy atom. The molecule has 1 rings (SSSR count). The fourth-order valence-electron chi connectivity index (χ4n) is 2.56. The molecule has 5 heteroatoms. The molecule has 0 aliphatic heterocycles. The molecule has 1 aromatic rings. The van der Waals surface area contributed by atoms with Crippen LogP contribution in [0.1, 0.15) is 40.2 Å². The molecule has 0 saturated heterocycles. The first-order chi connectivity index (χ1) is 11.6. The van der Waals surface area contributed by atoms with Crippen LogP contribution < -0.4 is 0 Å². The number of esters is 2. The summed E-state index contributed by atoms with van der Waals surface area (Å²) < 4.78 is 10.3. The molecule has 1 unspecified atom stereocenters. The standard InChI is InChI=1S/C20H28O5/c1-13(2)17(21)16(19(23)25-20(3,4)5)15(18(22)24-6)12-14-10-8-7-9-11-14/h7-11,13,15-16H,12H2,1-6H3/t15-,16?/m0/s1. The van der Waals surface area contributed by atoms with Crippen molar-refractivity contribution in [2.45, 2.75) is 46.6 Å². The van der Waals surface area contributed by atoms with Crippen LogP contribution >= 0.6 is 0 Å². The number of ether oxygens (including phenoxy) is 2. The highest BCUT2D eigenvalue weighted by molar-refractivity contribution is 6.03. The molecule has 1 aromatic carbocycles. The van der Waals surface area contributed by atoms with Crippen LogP contribution in [0, 0.1) is 17.8 Å². The molecule has 0 radical (unpaired) electrons. The lowest BCUT2D eigenvalue weighted by molar-refractivity contribution is -0.170. The molecule has 0 fully saturated rings. The lowest BCUT2D eigenvalue weighted by Gasteiger charge is -2.28. The van der Waals surface area contributed by atoms with Crippen molar-refractivity contribution in [3.63, 3.8) is 0 Å². The normalized spacial score (nSPS) is 13.9. The Bertz CT molecular complexity index is 598. The molecular weight excluding hydrogens is 320 g/mol. The summed E-state index contributed by atoms with van der Waals surface area (Å²) in [6.07, 6.45) is 0.232. The van der Waals surface area contributed by atoms with Crippen molar-refractivity contribution >= 4 is 17.7 Å². The molecule has 0 spiro atoms. The lowest BCUT2D eigenvalue weighted by Crippen LogP contribution is -2.42. The van der Waals surface area contributed by atoms with E-state index in [-0.39, 0.29) is 12.2 Å². The minimum absolute atomic E-state index is 0.232. The van der Waals surface area contributed by atoms with Gasteiger partial charge in [-0.3, -0.25) is 14.4 Å². The van der Waals surface area contributed by atoms with Gasteiger partial charge in [-0.05, 0) is 32.8 Å². The van der Waals surface area contributed by atoms with Gasteiger partial charge in [-0.15, -0.1) is 0 Å². The van der Waals surface area contributed by atoms with Crippen LogP contribution in [-0.2, 0) is 30.3 Å². The van der Waals surface area contributed by atoms with Gasteiger partial charge in [0.05, 0.1) is 13.0 Å². The number of hydrogen-bond acceptors (Lipinski definition) is 5. The van der Waals surface area contributed by atoms with Crippen molar-refractivity contribution < 1.29 is 23.9 Å². The zero-order chi connectivity index (χ0) is 19.2. The number of carbonyl (C=O) groups is 3. The minimum Gasteiger partial charge on any atom is -0.469 e. The molecule has 0 amide bonds. The fourth-order valence-corrected chi connectivity index (χ4v) is 2.56.